The Morgan fingerprint density at radius 2 is 1.68 bits per heavy atom. The van der Waals surface area contributed by atoms with Crippen LogP contribution in [0.1, 0.15) is 31.4 Å². The molecule has 0 bridgehead atoms. The Bertz CT molecular complexity index is 1700. The second kappa shape index (κ2) is 9.15. The van der Waals surface area contributed by atoms with Crippen LogP contribution in [0.2, 0.25) is 0 Å². The number of ether oxygens (including phenoxy) is 1. The zero-order valence-corrected chi connectivity index (χ0v) is 23.8. The fourth-order valence-electron chi connectivity index (χ4n) is 5.25. The number of hydrogen-bond donors (Lipinski definition) is 0. The van der Waals surface area contributed by atoms with E-state index in [0.717, 1.165) is 39.8 Å². The van der Waals surface area contributed by atoms with Crippen LogP contribution in [0.3, 0.4) is 0 Å². The molecule has 5 nitrogen and oxygen atoms in total. The molecule has 3 aromatic carbocycles. The fourth-order valence-corrected chi connectivity index (χ4v) is 6.09. The maximum absolute atomic E-state index is 6.47. The van der Waals surface area contributed by atoms with Gasteiger partial charge in [0.15, 0.2) is 0 Å². The van der Waals surface area contributed by atoms with Gasteiger partial charge in [-0.15, -0.1) is 0 Å². The van der Waals surface area contributed by atoms with Gasteiger partial charge in [0, 0.05) is 6.20 Å². The number of aryl methyl sites for hydroxylation is 2. The molecule has 0 fully saturated rings. The van der Waals surface area contributed by atoms with Crippen molar-refractivity contribution in [2.75, 3.05) is 11.4 Å². The molecule has 0 N–H and O–H groups in total. The molecule has 0 saturated heterocycles. The molecule has 6 heteroatoms. The molecule has 1 aliphatic heterocycles. The Balaban J connectivity index is 1.39. The first-order valence-corrected chi connectivity index (χ1v) is 13.7. The Morgan fingerprint density at radius 1 is 0.892 bits per heavy atom. The minimum absolute atomic E-state index is 0.0931. The second-order valence-corrected chi connectivity index (χ2v) is 11.4. The van der Waals surface area contributed by atoms with Crippen molar-refractivity contribution >= 4 is 22.5 Å². The quantitative estimate of drug-likeness (QED) is 0.201. The number of para-hydroxylation sites is 2. The Morgan fingerprint density at radius 3 is 2.49 bits per heavy atom. The van der Waals surface area contributed by atoms with Gasteiger partial charge in [-0.05, 0) is 18.6 Å². The van der Waals surface area contributed by atoms with Crippen molar-refractivity contribution in [2.24, 2.45) is 7.05 Å². The van der Waals surface area contributed by atoms with Gasteiger partial charge in [0.1, 0.15) is 0 Å². The SMILES string of the molecule is Cc1ccnc(N2CCC(C)(C)c3ccc(Oc4cccc(-n5[c](=[Pt])n(C)c6ccccc65)c4)cc32)c1. The Labute approximate surface area is 228 Å². The summed E-state index contributed by atoms with van der Waals surface area (Å²) in [5.41, 5.74) is 7.23. The van der Waals surface area contributed by atoms with E-state index in [1.807, 2.05) is 18.3 Å². The molecule has 0 unspecified atom stereocenters. The summed E-state index contributed by atoms with van der Waals surface area (Å²) < 4.78 is 12.1. The summed E-state index contributed by atoms with van der Waals surface area (Å²) >= 11 is 2.39. The van der Waals surface area contributed by atoms with Gasteiger partial charge >= 0.3 is 204 Å². The van der Waals surface area contributed by atoms with E-state index in [9.17, 15) is 0 Å². The standard InChI is InChI=1S/C31H30N4O.Pt/c1-22-14-16-32-30(18-22)34-17-15-31(2,3)26-13-12-25(20-29(26)34)36-24-9-7-8-23(19-24)35-21-33(4)27-10-5-6-11-28(27)35;/h5-14,16,18-20H,15,17H2,1-4H3;. The molecule has 0 aliphatic carbocycles. The third kappa shape index (κ3) is 4.26. The van der Waals surface area contributed by atoms with Crippen molar-refractivity contribution in [3.8, 4) is 17.2 Å². The van der Waals surface area contributed by atoms with Gasteiger partial charge in [-0.2, -0.15) is 0 Å². The van der Waals surface area contributed by atoms with Gasteiger partial charge in [-0.3, -0.25) is 0 Å². The summed E-state index contributed by atoms with van der Waals surface area (Å²) in [7, 11) is 2.10. The summed E-state index contributed by atoms with van der Waals surface area (Å²) in [6.45, 7) is 7.67. The second-order valence-electron chi connectivity index (χ2n) is 10.4. The van der Waals surface area contributed by atoms with E-state index in [1.165, 1.54) is 27.8 Å². The van der Waals surface area contributed by atoms with Gasteiger partial charge in [-0.25, -0.2) is 0 Å². The number of nitrogens with zero attached hydrogens (tertiary/aromatic N) is 4. The number of benzene rings is 3. The van der Waals surface area contributed by atoms with Crippen LogP contribution in [0.5, 0.6) is 11.5 Å². The minimum atomic E-state index is 0.0931. The van der Waals surface area contributed by atoms with E-state index in [0.29, 0.717) is 0 Å². The summed E-state index contributed by atoms with van der Waals surface area (Å²) in [5.74, 6) is 2.62. The predicted octanol–water partition coefficient (Wildman–Crippen LogP) is 7.36. The summed E-state index contributed by atoms with van der Waals surface area (Å²) in [6.07, 6.45) is 2.96. The first-order chi connectivity index (χ1) is 17.8. The van der Waals surface area contributed by atoms with Crippen LogP contribution < -0.4 is 9.64 Å². The zero-order valence-electron chi connectivity index (χ0n) is 21.5. The number of aromatic nitrogens is 3. The molecule has 0 saturated carbocycles. The van der Waals surface area contributed by atoms with Gasteiger partial charge < -0.3 is 0 Å². The monoisotopic (exact) mass is 669 g/mol. The van der Waals surface area contributed by atoms with Gasteiger partial charge in [0.25, 0.3) is 0 Å². The number of hydrogen-bond acceptors (Lipinski definition) is 3. The fraction of sp³-hybridized carbons (Fsp3) is 0.226. The molecule has 0 amide bonds. The number of fused-ring (bicyclic) bond motifs is 2. The van der Waals surface area contributed by atoms with Crippen molar-refractivity contribution in [3.05, 3.63) is 100.0 Å². The van der Waals surface area contributed by atoms with E-state index in [4.69, 9.17) is 4.74 Å². The van der Waals surface area contributed by atoms with E-state index >= 15 is 0 Å². The van der Waals surface area contributed by atoms with E-state index < -0.39 is 0 Å². The molecular weight excluding hydrogens is 639 g/mol. The van der Waals surface area contributed by atoms with Crippen LogP contribution in [0.15, 0.2) is 85.1 Å². The van der Waals surface area contributed by atoms with Crippen molar-refractivity contribution in [3.63, 3.8) is 0 Å². The van der Waals surface area contributed by atoms with Gasteiger partial charge in [0.2, 0.25) is 0 Å². The molecule has 6 rings (SSSR count). The predicted molar refractivity (Wildman–Crippen MR) is 146 cm³/mol. The summed E-state index contributed by atoms with van der Waals surface area (Å²) in [4.78, 5) is 7.01. The molecule has 0 spiro atoms. The third-order valence-electron chi connectivity index (χ3n) is 7.35. The number of rotatable bonds is 4. The molecule has 37 heavy (non-hydrogen) atoms. The Kier molecular flexibility index (Phi) is 5.92. The van der Waals surface area contributed by atoms with E-state index in [2.05, 4.69) is 133 Å². The van der Waals surface area contributed by atoms with Gasteiger partial charge in [0.05, 0.1) is 0 Å². The zero-order chi connectivity index (χ0) is 25.7. The summed E-state index contributed by atoms with van der Waals surface area (Å²) in [6, 6.07) is 27.5. The van der Waals surface area contributed by atoms with Crippen LogP contribution >= 0.6 is 0 Å². The molecule has 1 aliphatic rings. The van der Waals surface area contributed by atoms with Crippen molar-refractivity contribution in [1.29, 1.82) is 0 Å². The molecule has 0 radical (unpaired) electrons. The van der Waals surface area contributed by atoms with Crippen molar-refractivity contribution in [1.82, 2.24) is 14.1 Å². The molecular formula is C31H30N4OPt. The summed E-state index contributed by atoms with van der Waals surface area (Å²) in [5, 5.41) is 0. The van der Waals surface area contributed by atoms with Crippen LogP contribution in [-0.2, 0) is 31.8 Å². The normalized spacial score (nSPS) is 14.6. The van der Waals surface area contributed by atoms with E-state index in [-0.39, 0.29) is 5.41 Å². The van der Waals surface area contributed by atoms with Crippen LogP contribution in [-0.4, -0.2) is 20.7 Å². The maximum atomic E-state index is 6.47. The molecule has 0 atom stereocenters. The van der Waals surface area contributed by atoms with Crippen LogP contribution in [0.4, 0.5) is 11.5 Å². The molecule has 2 aromatic heterocycles. The van der Waals surface area contributed by atoms with Gasteiger partial charge in [-0.1, -0.05) is 0 Å². The van der Waals surface area contributed by atoms with E-state index in [1.54, 1.807) is 0 Å². The molecule has 3 heterocycles. The van der Waals surface area contributed by atoms with Crippen molar-refractivity contribution < 1.29 is 24.1 Å². The van der Waals surface area contributed by atoms with Crippen molar-refractivity contribution in [2.45, 2.75) is 32.6 Å². The Hall–Kier alpha value is -3.43. The number of pyridine rings is 1. The number of imidazole rings is 1. The average molecular weight is 670 g/mol. The van der Waals surface area contributed by atoms with Crippen LogP contribution in [0, 0.1) is 10.7 Å². The molecule has 5 aromatic rings. The molecule has 190 valence electrons. The van der Waals surface area contributed by atoms with Crippen LogP contribution in [0.25, 0.3) is 16.7 Å². The topological polar surface area (TPSA) is 35.2 Å². The first-order valence-electron chi connectivity index (χ1n) is 12.6. The third-order valence-corrected chi connectivity index (χ3v) is 8.62. The number of anilines is 2. The first kappa shape index (κ1) is 23.9. The average Bonchev–Trinajstić information content (AvgIpc) is 3.14.